The van der Waals surface area contributed by atoms with Gasteiger partial charge in [-0.3, -0.25) is 19.4 Å². The number of aromatic nitrogens is 1. The van der Waals surface area contributed by atoms with Gasteiger partial charge in [0.05, 0.1) is 17.1 Å². The van der Waals surface area contributed by atoms with E-state index in [1.807, 2.05) is 31.2 Å². The van der Waals surface area contributed by atoms with Crippen LogP contribution >= 0.6 is 35.2 Å². The minimum absolute atomic E-state index is 0.196. The zero-order chi connectivity index (χ0) is 22.1. The number of benzene rings is 2. The van der Waals surface area contributed by atoms with Crippen molar-refractivity contribution in [2.45, 2.75) is 13.8 Å². The largest absolute Gasteiger partial charge is 0.327 e. The van der Waals surface area contributed by atoms with Crippen LogP contribution in [0.4, 0.5) is 16.5 Å². The fraction of sp³-hybridized carbons (Fsp3) is 0.0909. The summed E-state index contributed by atoms with van der Waals surface area (Å²) in [5.41, 5.74) is 3.16. The summed E-state index contributed by atoms with van der Waals surface area (Å²) in [6, 6.07) is 14.5. The molecule has 3 aromatic rings. The van der Waals surface area contributed by atoms with Gasteiger partial charge in [0.15, 0.2) is 10.2 Å². The maximum absolute atomic E-state index is 13.0. The van der Waals surface area contributed by atoms with Gasteiger partial charge >= 0.3 is 0 Å². The third kappa shape index (κ3) is 4.23. The monoisotopic (exact) mass is 468 g/mol. The standard InChI is InChI=1S/C22H17ClN4O2S2/c1-13-6-3-4-9-19(13)27-20(29)18(25-21(27)30)11-16-12-31-22(24-16)26(14(2)28)17-8-5-7-15(23)10-17/h3-12H,1-2H3,(H,25,30)/b18-11-. The van der Waals surface area contributed by atoms with Crippen LogP contribution in [0.25, 0.3) is 6.08 Å². The van der Waals surface area contributed by atoms with Gasteiger partial charge in [0.1, 0.15) is 5.70 Å². The Balaban J connectivity index is 1.64. The lowest BCUT2D eigenvalue weighted by Crippen LogP contribution is -2.30. The molecule has 31 heavy (non-hydrogen) atoms. The van der Waals surface area contributed by atoms with Gasteiger partial charge in [0, 0.05) is 17.3 Å². The summed E-state index contributed by atoms with van der Waals surface area (Å²) in [7, 11) is 0. The molecule has 1 aromatic heterocycles. The number of thiazole rings is 1. The van der Waals surface area contributed by atoms with Gasteiger partial charge in [-0.25, -0.2) is 4.98 Å². The van der Waals surface area contributed by atoms with Crippen molar-refractivity contribution in [1.82, 2.24) is 10.3 Å². The predicted molar refractivity (Wildman–Crippen MR) is 129 cm³/mol. The minimum atomic E-state index is -0.257. The molecule has 6 nitrogen and oxygen atoms in total. The van der Waals surface area contributed by atoms with Gasteiger partial charge in [0.2, 0.25) is 5.91 Å². The highest BCUT2D eigenvalue weighted by Gasteiger charge is 2.33. The number of carbonyl (C=O) groups is 2. The SMILES string of the molecule is CC(=O)N(c1cccc(Cl)c1)c1nc(/C=C2\NC(=S)N(c3ccccc3C)C2=O)cs1. The third-order valence-electron chi connectivity index (χ3n) is 4.61. The molecule has 1 aliphatic heterocycles. The number of nitrogens with one attached hydrogen (secondary N) is 1. The highest BCUT2D eigenvalue weighted by atomic mass is 35.5. The van der Waals surface area contributed by atoms with E-state index in [0.29, 0.717) is 32.3 Å². The third-order valence-corrected chi connectivity index (χ3v) is 5.97. The summed E-state index contributed by atoms with van der Waals surface area (Å²) in [6.45, 7) is 3.38. The van der Waals surface area contributed by atoms with Gasteiger partial charge in [0.25, 0.3) is 5.91 Å². The summed E-state index contributed by atoms with van der Waals surface area (Å²) < 4.78 is 0. The second-order valence-corrected chi connectivity index (χ2v) is 8.46. The van der Waals surface area contributed by atoms with Gasteiger partial charge in [-0.05, 0) is 55.0 Å². The lowest BCUT2D eigenvalue weighted by atomic mass is 10.2. The quantitative estimate of drug-likeness (QED) is 0.428. The van der Waals surface area contributed by atoms with E-state index in [-0.39, 0.29) is 11.8 Å². The fourth-order valence-electron chi connectivity index (χ4n) is 3.20. The van der Waals surface area contributed by atoms with Crippen LogP contribution in [0.2, 0.25) is 5.02 Å². The number of aryl methyl sites for hydroxylation is 1. The fourth-order valence-corrected chi connectivity index (χ4v) is 4.52. The molecule has 2 heterocycles. The van der Waals surface area contributed by atoms with Crippen molar-refractivity contribution in [3.05, 3.63) is 75.9 Å². The number of halogens is 1. The molecule has 0 aliphatic carbocycles. The molecule has 0 spiro atoms. The Morgan fingerprint density at radius 3 is 2.74 bits per heavy atom. The number of carbonyl (C=O) groups excluding carboxylic acids is 2. The molecule has 4 rings (SSSR count). The average molecular weight is 469 g/mol. The van der Waals surface area contributed by atoms with E-state index in [4.69, 9.17) is 23.8 Å². The summed E-state index contributed by atoms with van der Waals surface area (Å²) in [5.74, 6) is -0.454. The number of thiocarbonyl (C=S) groups is 1. The van der Waals surface area contributed by atoms with E-state index in [9.17, 15) is 9.59 Å². The molecule has 1 aliphatic rings. The van der Waals surface area contributed by atoms with Crippen molar-refractivity contribution >= 4 is 74.7 Å². The van der Waals surface area contributed by atoms with Crippen molar-refractivity contribution in [3.63, 3.8) is 0 Å². The molecule has 0 saturated carbocycles. The molecule has 1 fully saturated rings. The lowest BCUT2D eigenvalue weighted by Gasteiger charge is -2.18. The smallest absolute Gasteiger partial charge is 0.281 e. The van der Waals surface area contributed by atoms with Crippen molar-refractivity contribution in [2.24, 2.45) is 0 Å². The lowest BCUT2D eigenvalue weighted by molar-refractivity contribution is -0.116. The van der Waals surface area contributed by atoms with E-state index >= 15 is 0 Å². The van der Waals surface area contributed by atoms with E-state index in [2.05, 4.69) is 10.3 Å². The maximum Gasteiger partial charge on any atom is 0.281 e. The molecule has 0 unspecified atom stereocenters. The van der Waals surface area contributed by atoms with Crippen LogP contribution in [-0.2, 0) is 9.59 Å². The Labute approximate surface area is 193 Å². The van der Waals surface area contributed by atoms with Gasteiger partial charge in [-0.2, -0.15) is 0 Å². The summed E-state index contributed by atoms with van der Waals surface area (Å²) >= 11 is 12.7. The molecule has 1 N–H and O–H groups in total. The number of anilines is 3. The highest BCUT2D eigenvalue weighted by molar-refractivity contribution is 7.80. The van der Waals surface area contributed by atoms with Crippen LogP contribution in [0.3, 0.4) is 0 Å². The molecule has 9 heteroatoms. The number of hydrogen-bond donors (Lipinski definition) is 1. The summed E-state index contributed by atoms with van der Waals surface area (Å²) in [5, 5.41) is 6.05. The topological polar surface area (TPSA) is 65.5 Å². The highest BCUT2D eigenvalue weighted by Crippen LogP contribution is 2.31. The molecule has 0 atom stereocenters. The van der Waals surface area contributed by atoms with Crippen LogP contribution in [-0.4, -0.2) is 21.9 Å². The molecule has 2 amide bonds. The van der Waals surface area contributed by atoms with E-state index < -0.39 is 0 Å². The van der Waals surface area contributed by atoms with Crippen molar-refractivity contribution in [1.29, 1.82) is 0 Å². The number of nitrogens with zero attached hydrogens (tertiary/aromatic N) is 3. The Hall–Kier alpha value is -3.07. The number of hydrogen-bond acceptors (Lipinski definition) is 5. The molecule has 1 saturated heterocycles. The minimum Gasteiger partial charge on any atom is -0.327 e. The van der Waals surface area contributed by atoms with Crippen molar-refractivity contribution in [2.75, 3.05) is 9.80 Å². The molecule has 0 radical (unpaired) electrons. The summed E-state index contributed by atoms with van der Waals surface area (Å²) in [4.78, 5) is 32.7. The van der Waals surface area contributed by atoms with Crippen LogP contribution < -0.4 is 15.1 Å². The molecule has 0 bridgehead atoms. The van der Waals surface area contributed by atoms with Gasteiger partial charge in [-0.1, -0.05) is 35.9 Å². The zero-order valence-corrected chi connectivity index (χ0v) is 19.0. The van der Waals surface area contributed by atoms with E-state index in [1.165, 1.54) is 28.1 Å². The Morgan fingerprint density at radius 1 is 1.26 bits per heavy atom. The molecular weight excluding hydrogens is 452 g/mol. The molecule has 156 valence electrons. The molecule has 2 aromatic carbocycles. The normalized spacial score (nSPS) is 14.8. The Morgan fingerprint density at radius 2 is 2.03 bits per heavy atom. The second kappa shape index (κ2) is 8.58. The van der Waals surface area contributed by atoms with Gasteiger partial charge < -0.3 is 5.32 Å². The van der Waals surface area contributed by atoms with Crippen LogP contribution in [0.15, 0.2) is 59.6 Å². The van der Waals surface area contributed by atoms with E-state index in [0.717, 1.165) is 11.3 Å². The zero-order valence-electron chi connectivity index (χ0n) is 16.6. The van der Waals surface area contributed by atoms with Crippen LogP contribution in [0, 0.1) is 6.92 Å². The summed E-state index contributed by atoms with van der Waals surface area (Å²) in [6.07, 6.45) is 1.63. The Bertz CT molecular complexity index is 1240. The first-order valence-corrected chi connectivity index (χ1v) is 11.0. The van der Waals surface area contributed by atoms with Gasteiger partial charge in [-0.15, -0.1) is 11.3 Å². The first-order chi connectivity index (χ1) is 14.8. The molecular formula is C22H17ClN4O2S2. The number of amides is 2. The Kier molecular flexibility index (Phi) is 5.86. The maximum atomic E-state index is 13.0. The van der Waals surface area contributed by atoms with E-state index in [1.54, 1.807) is 35.7 Å². The van der Waals surface area contributed by atoms with Crippen LogP contribution in [0.1, 0.15) is 18.2 Å². The average Bonchev–Trinajstić information content (AvgIpc) is 3.27. The second-order valence-electron chi connectivity index (χ2n) is 6.80. The number of rotatable bonds is 4. The van der Waals surface area contributed by atoms with Crippen molar-refractivity contribution in [3.8, 4) is 0 Å². The number of para-hydroxylation sites is 1. The first-order valence-electron chi connectivity index (χ1n) is 9.29. The first kappa shape index (κ1) is 21.2. The predicted octanol–water partition coefficient (Wildman–Crippen LogP) is 5.05. The van der Waals surface area contributed by atoms with Crippen LogP contribution in [0.5, 0.6) is 0 Å². The van der Waals surface area contributed by atoms with Crippen molar-refractivity contribution < 1.29 is 9.59 Å².